The van der Waals surface area contributed by atoms with Crippen LogP contribution in [0.3, 0.4) is 0 Å². The SMILES string of the molecule is CC(C)c1cc(C#N)ccc1COC(=O)N1CC2CN(N(O)[C@@H]3CCC(N)=C(N)C3)CC2C1. The fraction of sp³-hybridized carbons (Fsp3) is 0.583. The van der Waals surface area contributed by atoms with Crippen LogP contribution in [0.5, 0.6) is 0 Å². The number of allylic oxidation sites excluding steroid dienone is 1. The molecule has 9 nitrogen and oxygen atoms in total. The van der Waals surface area contributed by atoms with Crippen LogP contribution in [0.1, 0.15) is 55.7 Å². The zero-order valence-corrected chi connectivity index (χ0v) is 19.4. The van der Waals surface area contributed by atoms with Crippen molar-refractivity contribution in [2.24, 2.45) is 23.3 Å². The molecule has 4 rings (SSSR count). The molecule has 178 valence electrons. The molecule has 5 N–H and O–H groups in total. The number of nitriles is 1. The molecule has 1 aromatic rings. The Bertz CT molecular complexity index is 957. The van der Waals surface area contributed by atoms with Gasteiger partial charge in [0.15, 0.2) is 0 Å². The van der Waals surface area contributed by atoms with Crippen molar-refractivity contribution < 1.29 is 14.7 Å². The van der Waals surface area contributed by atoms with Gasteiger partial charge in [0.2, 0.25) is 0 Å². The van der Waals surface area contributed by atoms with Crippen LogP contribution < -0.4 is 11.5 Å². The average molecular weight is 455 g/mol. The lowest BCUT2D eigenvalue weighted by Gasteiger charge is -2.36. The van der Waals surface area contributed by atoms with E-state index in [1.54, 1.807) is 11.0 Å². The number of amides is 1. The quantitative estimate of drug-likeness (QED) is 0.578. The molecule has 0 spiro atoms. The van der Waals surface area contributed by atoms with Gasteiger partial charge in [-0.1, -0.05) is 19.9 Å². The van der Waals surface area contributed by atoms with E-state index in [0.29, 0.717) is 62.1 Å². The molecule has 0 radical (unpaired) electrons. The molecule has 0 aromatic heterocycles. The van der Waals surface area contributed by atoms with Crippen molar-refractivity contribution in [1.82, 2.24) is 15.1 Å². The smallest absolute Gasteiger partial charge is 0.410 e. The number of rotatable bonds is 5. The molecule has 33 heavy (non-hydrogen) atoms. The number of hydrazine groups is 1. The molecule has 1 aromatic carbocycles. The van der Waals surface area contributed by atoms with E-state index in [1.807, 2.05) is 17.1 Å². The first-order valence-electron chi connectivity index (χ1n) is 11.7. The number of benzene rings is 1. The van der Waals surface area contributed by atoms with Crippen molar-refractivity contribution in [1.29, 1.82) is 5.26 Å². The molecule has 1 aliphatic carbocycles. The van der Waals surface area contributed by atoms with E-state index >= 15 is 0 Å². The largest absolute Gasteiger partial charge is 0.445 e. The summed E-state index contributed by atoms with van der Waals surface area (Å²) in [5, 5.41) is 23.2. The van der Waals surface area contributed by atoms with E-state index < -0.39 is 0 Å². The normalized spacial score (nSPS) is 25.6. The van der Waals surface area contributed by atoms with E-state index in [2.05, 4.69) is 19.9 Å². The molecular formula is C24H34N6O3. The second kappa shape index (κ2) is 9.59. The lowest BCUT2D eigenvalue weighted by atomic mass is 9.95. The summed E-state index contributed by atoms with van der Waals surface area (Å²) < 4.78 is 5.63. The second-order valence-electron chi connectivity index (χ2n) is 9.80. The van der Waals surface area contributed by atoms with Gasteiger partial charge < -0.3 is 21.1 Å². The first-order chi connectivity index (χ1) is 15.8. The van der Waals surface area contributed by atoms with E-state index in [4.69, 9.17) is 21.5 Å². The van der Waals surface area contributed by atoms with E-state index in [0.717, 1.165) is 23.2 Å². The Balaban J connectivity index is 1.29. The molecule has 3 atom stereocenters. The minimum atomic E-state index is -0.309. The lowest BCUT2D eigenvalue weighted by Crippen LogP contribution is -2.48. The predicted molar refractivity (Wildman–Crippen MR) is 122 cm³/mol. The van der Waals surface area contributed by atoms with Crippen molar-refractivity contribution in [3.05, 3.63) is 46.3 Å². The fourth-order valence-electron chi connectivity index (χ4n) is 5.25. The van der Waals surface area contributed by atoms with Gasteiger partial charge in [-0.2, -0.15) is 5.26 Å². The number of carbonyl (C=O) groups is 1. The average Bonchev–Trinajstić information content (AvgIpc) is 3.38. The van der Waals surface area contributed by atoms with Crippen molar-refractivity contribution in [3.63, 3.8) is 0 Å². The van der Waals surface area contributed by atoms with Crippen LogP contribution in [-0.4, -0.2) is 58.6 Å². The highest BCUT2D eigenvalue weighted by Crippen LogP contribution is 2.34. The minimum absolute atomic E-state index is 0.0558. The first-order valence-corrected chi connectivity index (χ1v) is 11.7. The molecule has 2 heterocycles. The Morgan fingerprint density at radius 2 is 1.94 bits per heavy atom. The Kier molecular flexibility index (Phi) is 6.79. The minimum Gasteiger partial charge on any atom is -0.445 e. The van der Waals surface area contributed by atoms with Gasteiger partial charge in [0, 0.05) is 44.0 Å². The molecule has 2 saturated heterocycles. The monoisotopic (exact) mass is 454 g/mol. The number of ether oxygens (including phenoxy) is 1. The maximum Gasteiger partial charge on any atom is 0.410 e. The summed E-state index contributed by atoms with van der Waals surface area (Å²) in [6.07, 6.45) is 1.74. The van der Waals surface area contributed by atoms with Crippen LogP contribution in [0.4, 0.5) is 4.79 Å². The summed E-state index contributed by atoms with van der Waals surface area (Å²) in [6.45, 7) is 6.97. The number of hydroxylamine groups is 1. The van der Waals surface area contributed by atoms with Gasteiger partial charge in [0.05, 0.1) is 17.7 Å². The molecule has 0 saturated carbocycles. The highest BCUT2D eigenvalue weighted by molar-refractivity contribution is 5.68. The van der Waals surface area contributed by atoms with Crippen molar-refractivity contribution in [2.45, 2.75) is 51.7 Å². The lowest BCUT2D eigenvalue weighted by molar-refractivity contribution is -0.268. The second-order valence-corrected chi connectivity index (χ2v) is 9.80. The number of fused-ring (bicyclic) bond motifs is 1. The van der Waals surface area contributed by atoms with E-state index in [-0.39, 0.29) is 24.7 Å². The highest BCUT2D eigenvalue weighted by atomic mass is 16.6. The third kappa shape index (κ3) is 4.93. The zero-order valence-electron chi connectivity index (χ0n) is 19.4. The van der Waals surface area contributed by atoms with Gasteiger partial charge >= 0.3 is 6.09 Å². The highest BCUT2D eigenvalue weighted by Gasteiger charge is 2.44. The molecule has 2 unspecified atom stereocenters. The molecule has 2 aliphatic heterocycles. The van der Waals surface area contributed by atoms with Crippen LogP contribution in [0.15, 0.2) is 29.6 Å². The third-order valence-electron chi connectivity index (χ3n) is 7.20. The topological polar surface area (TPSA) is 132 Å². The first kappa shape index (κ1) is 23.4. The van der Waals surface area contributed by atoms with Gasteiger partial charge in [0.25, 0.3) is 0 Å². The summed E-state index contributed by atoms with van der Waals surface area (Å²) in [5.74, 6) is 0.835. The standard InChI is InChI=1S/C24H34N6O3/c1-15(2)21-7-16(9-25)3-4-17(21)14-33-24(31)28-10-18-12-29(13-19(18)11-28)30(32)20-5-6-22(26)23(27)8-20/h3-4,7,15,18-20,32H,5-6,8,10-14,26-27H2,1-2H3/t18?,19?,20-/m1/s1. The van der Waals surface area contributed by atoms with E-state index in [1.165, 1.54) is 5.17 Å². The zero-order chi connectivity index (χ0) is 23.7. The summed E-state index contributed by atoms with van der Waals surface area (Å²) in [7, 11) is 0. The van der Waals surface area contributed by atoms with Crippen LogP contribution in [0.2, 0.25) is 0 Å². The maximum absolute atomic E-state index is 12.7. The van der Waals surface area contributed by atoms with Gasteiger partial charge in [-0.25, -0.2) is 9.80 Å². The van der Waals surface area contributed by atoms with Gasteiger partial charge in [-0.15, -0.1) is 5.17 Å². The number of nitrogens with zero attached hydrogens (tertiary/aromatic N) is 4. The molecule has 9 heteroatoms. The Labute approximate surface area is 195 Å². The summed E-state index contributed by atoms with van der Waals surface area (Å²) in [6, 6.07) is 7.60. The van der Waals surface area contributed by atoms with Crippen LogP contribution >= 0.6 is 0 Å². The number of carbonyl (C=O) groups excluding carboxylic acids is 1. The Morgan fingerprint density at radius 1 is 1.24 bits per heavy atom. The van der Waals surface area contributed by atoms with Crippen molar-refractivity contribution in [2.75, 3.05) is 26.2 Å². The maximum atomic E-state index is 12.7. The van der Waals surface area contributed by atoms with Crippen LogP contribution in [0, 0.1) is 23.2 Å². The predicted octanol–water partition coefficient (Wildman–Crippen LogP) is 2.47. The van der Waals surface area contributed by atoms with Gasteiger partial charge in [-0.05, 0) is 53.9 Å². The number of hydrogen-bond acceptors (Lipinski definition) is 8. The van der Waals surface area contributed by atoms with Crippen molar-refractivity contribution >= 4 is 6.09 Å². The molecule has 2 fully saturated rings. The fourth-order valence-corrected chi connectivity index (χ4v) is 5.25. The molecular weight excluding hydrogens is 420 g/mol. The van der Waals surface area contributed by atoms with Crippen LogP contribution in [0.25, 0.3) is 0 Å². The number of nitrogens with two attached hydrogens (primary N) is 2. The Morgan fingerprint density at radius 3 is 2.55 bits per heavy atom. The summed E-state index contributed by atoms with van der Waals surface area (Å²) >= 11 is 0. The summed E-state index contributed by atoms with van der Waals surface area (Å²) in [4.78, 5) is 14.5. The number of likely N-dealkylation sites (tertiary alicyclic amines) is 1. The summed E-state index contributed by atoms with van der Waals surface area (Å²) in [5.41, 5.74) is 15.8. The van der Waals surface area contributed by atoms with Crippen molar-refractivity contribution in [3.8, 4) is 6.07 Å². The molecule has 3 aliphatic rings. The van der Waals surface area contributed by atoms with Gasteiger partial charge in [0.1, 0.15) is 6.61 Å². The third-order valence-corrected chi connectivity index (χ3v) is 7.20. The van der Waals surface area contributed by atoms with Gasteiger partial charge in [-0.3, -0.25) is 5.21 Å². The van der Waals surface area contributed by atoms with Crippen LogP contribution in [-0.2, 0) is 11.3 Å². The molecule has 1 amide bonds. The molecule has 0 bridgehead atoms. The number of hydrogen-bond donors (Lipinski definition) is 3. The Hall–Kier alpha value is -2.80. The van der Waals surface area contributed by atoms with E-state index in [9.17, 15) is 10.0 Å².